The van der Waals surface area contributed by atoms with Crippen molar-refractivity contribution in [1.29, 1.82) is 0 Å². The lowest BCUT2D eigenvalue weighted by atomic mass is 10.0. The number of aliphatic carboxylic acids is 2. The van der Waals surface area contributed by atoms with E-state index in [0.717, 1.165) is 12.8 Å². The Labute approximate surface area is 315 Å². The molecule has 0 aliphatic carbocycles. The van der Waals surface area contributed by atoms with Gasteiger partial charge >= 0.3 is 11.9 Å². The van der Waals surface area contributed by atoms with E-state index in [1.807, 2.05) is 0 Å². The van der Waals surface area contributed by atoms with Crippen LogP contribution in [0.3, 0.4) is 0 Å². The van der Waals surface area contributed by atoms with E-state index >= 15 is 0 Å². The van der Waals surface area contributed by atoms with E-state index < -0.39 is 21.8 Å². The van der Waals surface area contributed by atoms with Gasteiger partial charge in [0, 0.05) is 50.6 Å². The van der Waals surface area contributed by atoms with Crippen molar-refractivity contribution >= 4 is 39.2 Å². The van der Waals surface area contributed by atoms with Crippen molar-refractivity contribution in [1.82, 2.24) is 10.3 Å². The van der Waals surface area contributed by atoms with Crippen LogP contribution in [0.15, 0.2) is 47.5 Å². The number of carbonyl (C=O) groups excluding carboxylic acids is 3. The Hall–Kier alpha value is -4.29. The molecule has 0 saturated carbocycles. The molecule has 16 nitrogen and oxygen atoms in total. The first-order valence-electron chi connectivity index (χ1n) is 17.9. The zero-order chi connectivity index (χ0) is 39.4. The van der Waals surface area contributed by atoms with Crippen molar-refractivity contribution in [3.8, 4) is 5.75 Å². The second-order valence-electron chi connectivity index (χ2n) is 12.2. The average Bonchev–Trinajstić information content (AvgIpc) is 3.13. The summed E-state index contributed by atoms with van der Waals surface area (Å²) < 4.78 is 52.0. The van der Waals surface area contributed by atoms with Crippen LogP contribution in [-0.4, -0.2) is 119 Å². The predicted molar refractivity (Wildman–Crippen MR) is 194 cm³/mol. The first-order valence-corrected chi connectivity index (χ1v) is 19.6. The number of amides is 1. The van der Waals surface area contributed by atoms with Gasteiger partial charge in [-0.3, -0.25) is 24.2 Å². The zero-order valence-corrected chi connectivity index (χ0v) is 31.4. The van der Waals surface area contributed by atoms with Crippen LogP contribution in [0.4, 0.5) is 0 Å². The van der Waals surface area contributed by atoms with Gasteiger partial charge in [0.05, 0.1) is 56.0 Å². The number of Topliss-reactive ketones (excluding diaryl/α,β-unsaturated/α-hetero) is 2. The van der Waals surface area contributed by atoms with Crippen molar-refractivity contribution in [3.05, 3.63) is 53.9 Å². The molecule has 0 bridgehead atoms. The number of hydrogen-bond donors (Lipinski definition) is 3. The molecule has 2 rings (SSSR count). The van der Waals surface area contributed by atoms with E-state index in [4.69, 9.17) is 33.9 Å². The van der Waals surface area contributed by atoms with Gasteiger partial charge in [-0.1, -0.05) is 12.8 Å². The van der Waals surface area contributed by atoms with Crippen LogP contribution in [-0.2, 0) is 53.7 Å². The topological polar surface area (TPSA) is 231 Å². The summed E-state index contributed by atoms with van der Waals surface area (Å²) in [5.74, 6) is -2.08. The molecule has 3 N–H and O–H groups in total. The van der Waals surface area contributed by atoms with Gasteiger partial charge in [-0.15, -0.1) is 0 Å². The maximum Gasteiger partial charge on any atom is 0.329 e. The van der Waals surface area contributed by atoms with Crippen molar-refractivity contribution in [2.24, 2.45) is 0 Å². The molecule has 2 aromatic rings. The molecule has 17 heteroatoms. The summed E-state index contributed by atoms with van der Waals surface area (Å²) in [4.78, 5) is 61.7. The first kappa shape index (κ1) is 45.9. The molecule has 300 valence electrons. The SMILES string of the molecule is O=C(O)CCCOc1ccc(S(=O)(=O)Cc2ccc(C(=O)CCCCCCC(=O)NCCOCCOCC(=O)CCCOCCOCC(=O)O)cn2)cc1. The Balaban J connectivity index is 1.46. The number of ketones is 2. The van der Waals surface area contributed by atoms with E-state index in [9.17, 15) is 32.4 Å². The normalized spacial score (nSPS) is 11.3. The summed E-state index contributed by atoms with van der Waals surface area (Å²) in [6, 6.07) is 8.99. The number of carbonyl (C=O) groups is 5. The molecule has 0 aliphatic heterocycles. The summed E-state index contributed by atoms with van der Waals surface area (Å²) in [7, 11) is -3.69. The second-order valence-corrected chi connectivity index (χ2v) is 14.2. The number of sulfone groups is 1. The Bertz CT molecular complexity index is 1530. The number of pyridine rings is 1. The van der Waals surface area contributed by atoms with Crippen LogP contribution >= 0.6 is 0 Å². The minimum Gasteiger partial charge on any atom is -0.494 e. The third-order valence-electron chi connectivity index (χ3n) is 7.57. The van der Waals surface area contributed by atoms with Gasteiger partial charge in [-0.05, 0) is 62.1 Å². The summed E-state index contributed by atoms with van der Waals surface area (Å²) in [6.07, 6.45) is 6.13. The van der Waals surface area contributed by atoms with Crippen LogP contribution in [0.25, 0.3) is 0 Å². The van der Waals surface area contributed by atoms with E-state index in [1.165, 1.54) is 36.5 Å². The lowest BCUT2D eigenvalue weighted by Crippen LogP contribution is -2.27. The fourth-order valence-electron chi connectivity index (χ4n) is 4.76. The van der Waals surface area contributed by atoms with Crippen LogP contribution in [0.2, 0.25) is 0 Å². The number of carboxylic acid groups (broad SMARTS) is 2. The number of aromatic nitrogens is 1. The summed E-state index contributed by atoms with van der Waals surface area (Å²) in [5, 5.41) is 19.9. The summed E-state index contributed by atoms with van der Waals surface area (Å²) in [5.41, 5.74) is 0.709. The molecule has 0 spiro atoms. The van der Waals surface area contributed by atoms with Gasteiger partial charge in [0.1, 0.15) is 19.0 Å². The minimum absolute atomic E-state index is 0.0149. The Morgan fingerprint density at radius 2 is 1.28 bits per heavy atom. The maximum atomic E-state index is 12.9. The molecule has 0 aliphatic rings. The molecule has 1 aromatic carbocycles. The number of rotatable bonds is 33. The number of hydrogen-bond acceptors (Lipinski definition) is 13. The zero-order valence-electron chi connectivity index (χ0n) is 30.5. The van der Waals surface area contributed by atoms with Crippen molar-refractivity contribution in [3.63, 3.8) is 0 Å². The molecule has 0 fully saturated rings. The van der Waals surface area contributed by atoms with Crippen LogP contribution in [0.1, 0.15) is 80.3 Å². The van der Waals surface area contributed by atoms with Gasteiger partial charge in [-0.25, -0.2) is 13.2 Å². The number of ether oxygens (including phenoxy) is 5. The van der Waals surface area contributed by atoms with E-state index in [0.29, 0.717) is 81.7 Å². The van der Waals surface area contributed by atoms with Crippen molar-refractivity contribution in [2.45, 2.75) is 74.9 Å². The highest BCUT2D eigenvalue weighted by Crippen LogP contribution is 2.20. The van der Waals surface area contributed by atoms with E-state index in [1.54, 1.807) is 6.07 Å². The number of benzene rings is 1. The van der Waals surface area contributed by atoms with Gasteiger partial charge in [0.2, 0.25) is 5.91 Å². The summed E-state index contributed by atoms with van der Waals surface area (Å²) in [6.45, 7) is 1.83. The number of unbranched alkanes of at least 4 members (excludes halogenated alkanes) is 3. The second kappa shape index (κ2) is 27.3. The maximum absolute atomic E-state index is 12.9. The monoisotopic (exact) mass is 780 g/mol. The molecule has 1 aromatic heterocycles. The fraction of sp³-hybridized carbons (Fsp3) is 0.568. The molecular formula is C37H52N2O14S. The predicted octanol–water partition coefficient (Wildman–Crippen LogP) is 3.44. The number of nitrogens with one attached hydrogen (secondary N) is 1. The molecule has 1 amide bonds. The lowest BCUT2D eigenvalue weighted by molar-refractivity contribution is -0.143. The molecule has 0 atom stereocenters. The van der Waals surface area contributed by atoms with Gasteiger partial charge in [-0.2, -0.15) is 0 Å². The first-order chi connectivity index (χ1) is 26.0. The smallest absolute Gasteiger partial charge is 0.329 e. The lowest BCUT2D eigenvalue weighted by Gasteiger charge is -2.08. The Morgan fingerprint density at radius 3 is 1.94 bits per heavy atom. The summed E-state index contributed by atoms with van der Waals surface area (Å²) >= 11 is 0. The van der Waals surface area contributed by atoms with Gasteiger partial charge in [0.25, 0.3) is 0 Å². The molecule has 0 unspecified atom stereocenters. The van der Waals surface area contributed by atoms with Crippen LogP contribution in [0, 0.1) is 0 Å². The van der Waals surface area contributed by atoms with E-state index in [2.05, 4.69) is 10.3 Å². The Kier molecular flexibility index (Phi) is 23.2. The van der Waals surface area contributed by atoms with Crippen molar-refractivity contribution < 1.29 is 66.3 Å². The molecule has 1 heterocycles. The number of carboxylic acids is 2. The third-order valence-corrected chi connectivity index (χ3v) is 9.24. The standard InChI is InChI=1S/C37H52N2O14S/c40-31(7-5-18-49-21-24-52-27-37(45)46)26-51-23-22-50-20-17-38-35(42)9-4-2-1-3-8-34(41)29-11-12-30(39-25-29)28-54(47,48)33-15-13-32(14-16-33)53-19-6-10-36(43)44/h11-16,25H,1-10,17-24,26-28H2,(H,38,42)(H,43,44)(H,45,46). The minimum atomic E-state index is -3.69. The van der Waals surface area contributed by atoms with Crippen molar-refractivity contribution in [2.75, 3.05) is 66.0 Å². The van der Waals surface area contributed by atoms with Gasteiger partial charge in [0.15, 0.2) is 21.4 Å². The van der Waals surface area contributed by atoms with E-state index in [-0.39, 0.29) is 80.8 Å². The molecule has 0 radical (unpaired) electrons. The highest BCUT2D eigenvalue weighted by atomic mass is 32.2. The third kappa shape index (κ3) is 22.0. The Morgan fingerprint density at radius 1 is 0.630 bits per heavy atom. The van der Waals surface area contributed by atoms with Crippen LogP contribution in [0.5, 0.6) is 5.75 Å². The number of nitrogens with zero attached hydrogens (tertiary/aromatic N) is 1. The highest BCUT2D eigenvalue weighted by Gasteiger charge is 2.17. The largest absolute Gasteiger partial charge is 0.494 e. The quantitative estimate of drug-likeness (QED) is 0.0696. The molecule has 0 saturated heterocycles. The van der Waals surface area contributed by atoms with Gasteiger partial charge < -0.3 is 39.2 Å². The average molecular weight is 781 g/mol. The molecular weight excluding hydrogens is 728 g/mol. The highest BCUT2D eigenvalue weighted by molar-refractivity contribution is 7.90. The van der Waals surface area contributed by atoms with Crippen LogP contribution < -0.4 is 10.1 Å². The fourth-order valence-corrected chi connectivity index (χ4v) is 6.04. The molecule has 54 heavy (non-hydrogen) atoms.